The lowest BCUT2D eigenvalue weighted by molar-refractivity contribution is 0.392. The van der Waals surface area contributed by atoms with Crippen LogP contribution in [0.1, 0.15) is 20.3 Å². The van der Waals surface area contributed by atoms with Crippen molar-refractivity contribution in [2.24, 2.45) is 0 Å². The number of hydrogen-bond donors (Lipinski definition) is 0. The van der Waals surface area contributed by atoms with Crippen LogP contribution in [0.4, 0.5) is 0 Å². The molecule has 1 nitrogen and oxygen atoms in total. The summed E-state index contributed by atoms with van der Waals surface area (Å²) in [6, 6.07) is 0. The smallest absolute Gasteiger partial charge is 0.0160 e. The highest BCUT2D eigenvalue weighted by Crippen LogP contribution is 1.83. The molecule has 0 aliphatic heterocycles. The van der Waals surface area contributed by atoms with Crippen molar-refractivity contribution in [1.29, 1.82) is 0 Å². The van der Waals surface area contributed by atoms with Gasteiger partial charge in [0.2, 0.25) is 0 Å². The van der Waals surface area contributed by atoms with E-state index in [0.717, 1.165) is 19.5 Å². The highest BCUT2D eigenvalue weighted by atomic mass is 15.1. The van der Waals surface area contributed by atoms with E-state index >= 15 is 0 Å². The van der Waals surface area contributed by atoms with Crippen molar-refractivity contribution in [3.63, 3.8) is 0 Å². The average molecular weight is 127 g/mol. The van der Waals surface area contributed by atoms with Gasteiger partial charge in [0, 0.05) is 6.54 Å². The van der Waals surface area contributed by atoms with E-state index < -0.39 is 0 Å². The molecule has 0 fully saturated rings. The second-order valence-electron chi connectivity index (χ2n) is 2.23. The van der Waals surface area contributed by atoms with Crippen LogP contribution < -0.4 is 0 Å². The Labute approximate surface area is 58.4 Å². The standard InChI is InChI=1S/C8H17N/c1-4-6-7-8-9(3)5-2/h6-7H,4-5,8H2,1-3H3/b7-6-. The van der Waals surface area contributed by atoms with Gasteiger partial charge in [-0.05, 0) is 20.0 Å². The SMILES string of the molecule is CC/C=C\CN(C)CC. The van der Waals surface area contributed by atoms with Gasteiger partial charge in [0.1, 0.15) is 0 Å². The Kier molecular flexibility index (Phi) is 5.64. The number of nitrogens with zero attached hydrogens (tertiary/aromatic N) is 1. The van der Waals surface area contributed by atoms with Crippen molar-refractivity contribution in [1.82, 2.24) is 4.90 Å². The molecule has 0 rings (SSSR count). The van der Waals surface area contributed by atoms with Crippen LogP contribution >= 0.6 is 0 Å². The first-order chi connectivity index (χ1) is 4.31. The molecule has 0 unspecified atom stereocenters. The van der Waals surface area contributed by atoms with Gasteiger partial charge in [0.25, 0.3) is 0 Å². The summed E-state index contributed by atoms with van der Waals surface area (Å²) in [4.78, 5) is 2.27. The summed E-state index contributed by atoms with van der Waals surface area (Å²) < 4.78 is 0. The summed E-state index contributed by atoms with van der Waals surface area (Å²) in [7, 11) is 2.12. The third-order valence-corrected chi connectivity index (χ3v) is 1.36. The van der Waals surface area contributed by atoms with Crippen molar-refractivity contribution in [2.45, 2.75) is 20.3 Å². The molecule has 0 heterocycles. The molecule has 0 radical (unpaired) electrons. The fourth-order valence-corrected chi connectivity index (χ4v) is 0.550. The van der Waals surface area contributed by atoms with Gasteiger partial charge in [0.05, 0.1) is 0 Å². The van der Waals surface area contributed by atoms with Crippen LogP contribution in [-0.2, 0) is 0 Å². The fourth-order valence-electron chi connectivity index (χ4n) is 0.550. The quantitative estimate of drug-likeness (QED) is 0.521. The molecule has 0 atom stereocenters. The van der Waals surface area contributed by atoms with E-state index in [9.17, 15) is 0 Å². The lowest BCUT2D eigenvalue weighted by atomic mass is 10.4. The van der Waals surface area contributed by atoms with Gasteiger partial charge in [-0.15, -0.1) is 0 Å². The van der Waals surface area contributed by atoms with Crippen molar-refractivity contribution in [3.05, 3.63) is 12.2 Å². The van der Waals surface area contributed by atoms with E-state index in [1.165, 1.54) is 0 Å². The minimum atomic E-state index is 1.09. The maximum atomic E-state index is 2.27. The number of rotatable bonds is 4. The lowest BCUT2D eigenvalue weighted by Crippen LogP contribution is -2.16. The summed E-state index contributed by atoms with van der Waals surface area (Å²) in [6.45, 7) is 6.54. The molecule has 0 aliphatic rings. The largest absolute Gasteiger partial charge is 0.303 e. The third kappa shape index (κ3) is 5.57. The molecule has 0 saturated heterocycles. The molecule has 0 N–H and O–H groups in total. The van der Waals surface area contributed by atoms with Crippen LogP contribution in [0.3, 0.4) is 0 Å². The lowest BCUT2D eigenvalue weighted by Gasteiger charge is -2.08. The summed E-state index contributed by atoms with van der Waals surface area (Å²) in [5.74, 6) is 0. The Balaban J connectivity index is 3.15. The first-order valence-electron chi connectivity index (χ1n) is 3.64. The summed E-state index contributed by atoms with van der Waals surface area (Å²) in [5.41, 5.74) is 0. The van der Waals surface area contributed by atoms with E-state index in [2.05, 4.69) is 37.9 Å². The first kappa shape index (κ1) is 8.70. The normalized spacial score (nSPS) is 11.6. The molecule has 54 valence electrons. The Bertz CT molecular complexity index is 76.6. The van der Waals surface area contributed by atoms with Crippen molar-refractivity contribution in [2.75, 3.05) is 20.1 Å². The maximum absolute atomic E-state index is 2.27. The van der Waals surface area contributed by atoms with Crippen LogP contribution in [0.5, 0.6) is 0 Å². The van der Waals surface area contributed by atoms with Crippen LogP contribution in [-0.4, -0.2) is 25.0 Å². The van der Waals surface area contributed by atoms with E-state index in [1.807, 2.05) is 0 Å². The third-order valence-electron chi connectivity index (χ3n) is 1.36. The molecule has 0 aromatic carbocycles. The number of likely N-dealkylation sites (N-methyl/N-ethyl adjacent to an activating group) is 1. The molecule has 0 spiro atoms. The zero-order valence-corrected chi connectivity index (χ0v) is 6.72. The first-order valence-corrected chi connectivity index (χ1v) is 3.64. The van der Waals surface area contributed by atoms with Crippen molar-refractivity contribution in [3.8, 4) is 0 Å². The highest BCUT2D eigenvalue weighted by Gasteiger charge is 1.85. The van der Waals surface area contributed by atoms with Gasteiger partial charge in [-0.25, -0.2) is 0 Å². The molecule has 9 heavy (non-hydrogen) atoms. The fraction of sp³-hybridized carbons (Fsp3) is 0.750. The van der Waals surface area contributed by atoms with Gasteiger partial charge in [-0.3, -0.25) is 0 Å². The van der Waals surface area contributed by atoms with Gasteiger partial charge in [0.15, 0.2) is 0 Å². The number of hydrogen-bond acceptors (Lipinski definition) is 1. The predicted molar refractivity (Wildman–Crippen MR) is 42.6 cm³/mol. The van der Waals surface area contributed by atoms with Crippen LogP contribution in [0.25, 0.3) is 0 Å². The average Bonchev–Trinajstić information content (AvgIpc) is 1.89. The van der Waals surface area contributed by atoms with Gasteiger partial charge in [-0.2, -0.15) is 0 Å². The zero-order valence-electron chi connectivity index (χ0n) is 6.72. The second kappa shape index (κ2) is 5.83. The van der Waals surface area contributed by atoms with Crippen molar-refractivity contribution < 1.29 is 0 Å². The summed E-state index contributed by atoms with van der Waals surface area (Å²) in [5, 5.41) is 0. The van der Waals surface area contributed by atoms with E-state index in [0.29, 0.717) is 0 Å². The van der Waals surface area contributed by atoms with E-state index in [1.54, 1.807) is 0 Å². The Morgan fingerprint density at radius 2 is 1.89 bits per heavy atom. The van der Waals surface area contributed by atoms with Crippen molar-refractivity contribution >= 4 is 0 Å². The van der Waals surface area contributed by atoms with E-state index in [4.69, 9.17) is 0 Å². The molecular formula is C8H17N. The molecule has 0 amide bonds. The highest BCUT2D eigenvalue weighted by molar-refractivity contribution is 4.82. The minimum absolute atomic E-state index is 1.09. The Morgan fingerprint density at radius 1 is 1.22 bits per heavy atom. The molecule has 0 aliphatic carbocycles. The minimum Gasteiger partial charge on any atom is -0.303 e. The summed E-state index contributed by atoms with van der Waals surface area (Å²) in [6.07, 6.45) is 5.56. The Morgan fingerprint density at radius 3 is 2.33 bits per heavy atom. The van der Waals surface area contributed by atoms with Gasteiger partial charge >= 0.3 is 0 Å². The monoisotopic (exact) mass is 127 g/mol. The summed E-state index contributed by atoms with van der Waals surface area (Å²) >= 11 is 0. The van der Waals surface area contributed by atoms with Crippen LogP contribution in [0, 0.1) is 0 Å². The Hall–Kier alpha value is -0.300. The molecule has 0 aromatic rings. The number of allylic oxidation sites excluding steroid dienone is 1. The molecular weight excluding hydrogens is 110 g/mol. The van der Waals surface area contributed by atoms with E-state index in [-0.39, 0.29) is 0 Å². The topological polar surface area (TPSA) is 3.24 Å². The predicted octanol–water partition coefficient (Wildman–Crippen LogP) is 1.90. The van der Waals surface area contributed by atoms with Gasteiger partial charge in [-0.1, -0.05) is 26.0 Å². The molecule has 1 heteroatoms. The van der Waals surface area contributed by atoms with Crippen LogP contribution in [0.15, 0.2) is 12.2 Å². The zero-order chi connectivity index (χ0) is 7.11. The van der Waals surface area contributed by atoms with Crippen LogP contribution in [0.2, 0.25) is 0 Å². The van der Waals surface area contributed by atoms with Gasteiger partial charge < -0.3 is 4.90 Å². The molecule has 0 bridgehead atoms. The second-order valence-corrected chi connectivity index (χ2v) is 2.23. The molecule has 0 aromatic heterocycles. The molecule has 0 saturated carbocycles. The maximum Gasteiger partial charge on any atom is 0.0160 e.